The molecule has 0 aliphatic rings. The zero-order valence-electron chi connectivity index (χ0n) is 12.2. The highest BCUT2D eigenvalue weighted by Gasteiger charge is 2.21. The summed E-state index contributed by atoms with van der Waals surface area (Å²) in [6.07, 6.45) is -0.369. The molecule has 0 aliphatic carbocycles. The van der Waals surface area contributed by atoms with Gasteiger partial charge in [-0.15, -0.1) is 0 Å². The summed E-state index contributed by atoms with van der Waals surface area (Å²) in [7, 11) is 0. The maximum absolute atomic E-state index is 10.9. The molecule has 1 aromatic rings. The largest absolute Gasteiger partial charge is 0.391 e. The third kappa shape index (κ3) is 5.85. The number of nitrogens with one attached hydrogen (secondary N) is 2. The lowest BCUT2D eigenvalue weighted by Gasteiger charge is -2.26. The van der Waals surface area contributed by atoms with Gasteiger partial charge in [0.25, 0.3) is 0 Å². The number of anilines is 1. The molecule has 3 N–H and O–H groups in total. The van der Waals surface area contributed by atoms with Crippen LogP contribution in [0.1, 0.15) is 33.3 Å². The molecule has 1 amide bonds. The number of rotatable bonds is 5. The molecule has 1 atom stereocenters. The summed E-state index contributed by atoms with van der Waals surface area (Å²) in [6, 6.07) is 7.67. The summed E-state index contributed by atoms with van der Waals surface area (Å²) in [6.45, 7) is 8.80. The summed E-state index contributed by atoms with van der Waals surface area (Å²) in [5.41, 5.74) is 1.81. The lowest BCUT2D eigenvalue weighted by atomic mass is 9.89. The van der Waals surface area contributed by atoms with Crippen molar-refractivity contribution in [2.45, 2.75) is 40.3 Å². The summed E-state index contributed by atoms with van der Waals surface area (Å²) in [5, 5.41) is 15.9. The van der Waals surface area contributed by atoms with Gasteiger partial charge in [0, 0.05) is 25.7 Å². The van der Waals surface area contributed by atoms with E-state index in [0.717, 1.165) is 11.3 Å². The van der Waals surface area contributed by atoms with Gasteiger partial charge in [-0.1, -0.05) is 32.9 Å². The zero-order chi connectivity index (χ0) is 14.5. The molecule has 0 saturated heterocycles. The van der Waals surface area contributed by atoms with Crippen LogP contribution in [0.15, 0.2) is 24.3 Å². The van der Waals surface area contributed by atoms with Crippen molar-refractivity contribution >= 4 is 11.6 Å². The molecule has 1 aromatic carbocycles. The van der Waals surface area contributed by atoms with Gasteiger partial charge in [-0.25, -0.2) is 0 Å². The molecule has 4 nitrogen and oxygen atoms in total. The van der Waals surface area contributed by atoms with Gasteiger partial charge in [-0.3, -0.25) is 4.79 Å². The Morgan fingerprint density at radius 2 is 1.84 bits per heavy atom. The van der Waals surface area contributed by atoms with E-state index in [1.54, 1.807) is 0 Å². The summed E-state index contributed by atoms with van der Waals surface area (Å²) in [5.74, 6) is -0.0702. The molecule has 4 heteroatoms. The molecule has 0 aliphatic heterocycles. The van der Waals surface area contributed by atoms with Crippen LogP contribution >= 0.6 is 0 Å². The molecular weight excluding hydrogens is 240 g/mol. The predicted molar refractivity (Wildman–Crippen MR) is 77.9 cm³/mol. The second-order valence-electron chi connectivity index (χ2n) is 5.89. The second-order valence-corrected chi connectivity index (χ2v) is 5.89. The number of carbonyl (C=O) groups is 1. The van der Waals surface area contributed by atoms with E-state index >= 15 is 0 Å². The van der Waals surface area contributed by atoms with E-state index in [1.807, 2.05) is 45.0 Å². The van der Waals surface area contributed by atoms with Crippen LogP contribution in [0, 0.1) is 5.41 Å². The Balaban J connectivity index is 2.40. The van der Waals surface area contributed by atoms with Gasteiger partial charge in [0.05, 0.1) is 6.10 Å². The van der Waals surface area contributed by atoms with E-state index in [1.165, 1.54) is 6.92 Å². The number of aliphatic hydroxyl groups is 1. The molecule has 0 fully saturated rings. The van der Waals surface area contributed by atoms with Crippen molar-refractivity contribution in [3.05, 3.63) is 29.8 Å². The van der Waals surface area contributed by atoms with Crippen molar-refractivity contribution in [1.29, 1.82) is 0 Å². The molecule has 0 saturated carbocycles. The van der Waals surface area contributed by atoms with Gasteiger partial charge in [0.2, 0.25) is 5.91 Å². The minimum atomic E-state index is -0.369. The number of aliphatic hydroxyl groups excluding tert-OH is 1. The average molecular weight is 264 g/mol. The van der Waals surface area contributed by atoms with Gasteiger partial charge >= 0.3 is 0 Å². The standard InChI is InChI=1S/C15H24N2O2/c1-11(18)17-13-7-5-12(6-8-13)9-16-10-14(19)15(2,3)4/h5-8,14,16,19H,9-10H2,1-4H3,(H,17,18). The number of carbonyl (C=O) groups excluding carboxylic acids is 1. The van der Waals surface area contributed by atoms with E-state index in [9.17, 15) is 9.90 Å². The van der Waals surface area contributed by atoms with Gasteiger partial charge in [-0.05, 0) is 23.1 Å². The first-order chi connectivity index (χ1) is 8.79. The van der Waals surface area contributed by atoms with Crippen molar-refractivity contribution in [2.24, 2.45) is 5.41 Å². The van der Waals surface area contributed by atoms with Crippen LogP contribution in [0.5, 0.6) is 0 Å². The van der Waals surface area contributed by atoms with Crippen LogP contribution < -0.4 is 10.6 Å². The Morgan fingerprint density at radius 1 is 1.26 bits per heavy atom. The van der Waals surface area contributed by atoms with Gasteiger partial charge in [0.1, 0.15) is 0 Å². The highest BCUT2D eigenvalue weighted by molar-refractivity contribution is 5.88. The predicted octanol–water partition coefficient (Wildman–Crippen LogP) is 2.14. The number of hydrogen-bond donors (Lipinski definition) is 3. The normalized spacial score (nSPS) is 13.1. The van der Waals surface area contributed by atoms with Gasteiger partial charge in [-0.2, -0.15) is 0 Å². The van der Waals surface area contributed by atoms with Crippen molar-refractivity contribution < 1.29 is 9.90 Å². The summed E-state index contributed by atoms with van der Waals surface area (Å²) < 4.78 is 0. The summed E-state index contributed by atoms with van der Waals surface area (Å²) >= 11 is 0. The first-order valence-corrected chi connectivity index (χ1v) is 6.54. The van der Waals surface area contributed by atoms with E-state index in [-0.39, 0.29) is 17.4 Å². The van der Waals surface area contributed by atoms with Crippen LogP contribution in [0.3, 0.4) is 0 Å². The smallest absolute Gasteiger partial charge is 0.221 e. The van der Waals surface area contributed by atoms with Crippen molar-refractivity contribution in [2.75, 3.05) is 11.9 Å². The van der Waals surface area contributed by atoms with Crippen LogP contribution in [0.2, 0.25) is 0 Å². The highest BCUT2D eigenvalue weighted by atomic mass is 16.3. The quantitative estimate of drug-likeness (QED) is 0.763. The van der Waals surface area contributed by atoms with E-state index < -0.39 is 0 Å². The molecule has 106 valence electrons. The third-order valence-corrected chi connectivity index (χ3v) is 2.94. The highest BCUT2D eigenvalue weighted by Crippen LogP contribution is 2.18. The molecule has 0 radical (unpaired) electrons. The van der Waals surface area contributed by atoms with Crippen molar-refractivity contribution in [1.82, 2.24) is 5.32 Å². The van der Waals surface area contributed by atoms with Crippen LogP contribution in [0.4, 0.5) is 5.69 Å². The Labute approximate surface area is 115 Å². The van der Waals surface area contributed by atoms with Crippen LogP contribution in [0.25, 0.3) is 0 Å². The first-order valence-electron chi connectivity index (χ1n) is 6.54. The molecule has 0 aromatic heterocycles. The fraction of sp³-hybridized carbons (Fsp3) is 0.533. The van der Waals surface area contributed by atoms with E-state index in [0.29, 0.717) is 13.1 Å². The molecule has 1 rings (SSSR count). The second kappa shape index (κ2) is 6.68. The minimum Gasteiger partial charge on any atom is -0.391 e. The van der Waals surface area contributed by atoms with Crippen LogP contribution in [-0.2, 0) is 11.3 Å². The molecular formula is C15H24N2O2. The van der Waals surface area contributed by atoms with E-state index in [2.05, 4.69) is 10.6 Å². The number of benzene rings is 1. The Morgan fingerprint density at radius 3 is 2.32 bits per heavy atom. The lowest BCUT2D eigenvalue weighted by Crippen LogP contribution is -2.36. The van der Waals surface area contributed by atoms with Crippen molar-refractivity contribution in [3.8, 4) is 0 Å². The Bertz CT molecular complexity index is 407. The van der Waals surface area contributed by atoms with Crippen molar-refractivity contribution in [3.63, 3.8) is 0 Å². The topological polar surface area (TPSA) is 61.4 Å². The van der Waals surface area contributed by atoms with Gasteiger partial charge in [0.15, 0.2) is 0 Å². The molecule has 0 bridgehead atoms. The van der Waals surface area contributed by atoms with Crippen LogP contribution in [-0.4, -0.2) is 23.7 Å². The molecule has 0 spiro atoms. The fourth-order valence-corrected chi connectivity index (χ4v) is 1.57. The lowest BCUT2D eigenvalue weighted by molar-refractivity contribution is -0.114. The number of hydrogen-bond acceptors (Lipinski definition) is 3. The minimum absolute atomic E-state index is 0.0702. The Kier molecular flexibility index (Phi) is 5.51. The number of amides is 1. The maximum Gasteiger partial charge on any atom is 0.221 e. The Hall–Kier alpha value is -1.39. The summed E-state index contributed by atoms with van der Waals surface area (Å²) in [4.78, 5) is 10.9. The van der Waals surface area contributed by atoms with E-state index in [4.69, 9.17) is 0 Å². The maximum atomic E-state index is 10.9. The van der Waals surface area contributed by atoms with Gasteiger partial charge < -0.3 is 15.7 Å². The zero-order valence-corrected chi connectivity index (χ0v) is 12.2. The molecule has 19 heavy (non-hydrogen) atoms. The SMILES string of the molecule is CC(=O)Nc1ccc(CNCC(O)C(C)(C)C)cc1. The third-order valence-electron chi connectivity index (χ3n) is 2.94. The average Bonchev–Trinajstić information content (AvgIpc) is 2.29. The monoisotopic (exact) mass is 264 g/mol. The fourth-order valence-electron chi connectivity index (χ4n) is 1.57. The molecule has 0 heterocycles. The molecule has 1 unspecified atom stereocenters. The first kappa shape index (κ1) is 15.7.